The van der Waals surface area contributed by atoms with Crippen molar-refractivity contribution < 1.29 is 29.0 Å². The van der Waals surface area contributed by atoms with E-state index >= 15 is 0 Å². The van der Waals surface area contributed by atoms with Gasteiger partial charge in [0.2, 0.25) is 0 Å². The van der Waals surface area contributed by atoms with Crippen molar-refractivity contribution in [1.29, 1.82) is 0 Å². The van der Waals surface area contributed by atoms with E-state index in [4.69, 9.17) is 9.15 Å². The summed E-state index contributed by atoms with van der Waals surface area (Å²) in [7, 11) is 1.41. The van der Waals surface area contributed by atoms with Crippen LogP contribution in [-0.4, -0.2) is 33.9 Å². The molecule has 1 aliphatic heterocycles. The average molecular weight is 419 g/mol. The molecule has 158 valence electrons. The summed E-state index contributed by atoms with van der Waals surface area (Å²) in [5.41, 5.74) is 1.90. The second-order valence-corrected chi connectivity index (χ2v) is 7.30. The van der Waals surface area contributed by atoms with Gasteiger partial charge in [0.25, 0.3) is 11.7 Å². The lowest BCUT2D eigenvalue weighted by atomic mass is 9.94. The van der Waals surface area contributed by atoms with E-state index < -0.39 is 17.7 Å². The number of ketones is 1. The second-order valence-electron chi connectivity index (χ2n) is 7.30. The van der Waals surface area contributed by atoms with Crippen molar-refractivity contribution in [2.45, 2.75) is 19.5 Å². The molecule has 31 heavy (non-hydrogen) atoms. The van der Waals surface area contributed by atoms with Crippen LogP contribution in [-0.2, 0) is 16.1 Å². The second kappa shape index (κ2) is 8.02. The molecular weight excluding hydrogens is 398 g/mol. The van der Waals surface area contributed by atoms with E-state index in [9.17, 15) is 19.8 Å². The number of hydrogen-bond acceptors (Lipinski definition) is 6. The largest absolute Gasteiger partial charge is 0.507 e. The number of rotatable bonds is 5. The number of benzene rings is 2. The molecule has 1 aromatic heterocycles. The molecule has 4 rings (SSSR count). The number of methoxy groups -OCH3 is 1. The lowest BCUT2D eigenvalue weighted by molar-refractivity contribution is -0.140. The molecule has 2 N–H and O–H groups in total. The Bertz CT molecular complexity index is 1160. The fourth-order valence-electron chi connectivity index (χ4n) is 3.69. The van der Waals surface area contributed by atoms with Crippen LogP contribution in [0.2, 0.25) is 0 Å². The lowest BCUT2D eigenvalue weighted by Gasteiger charge is -2.25. The summed E-state index contributed by atoms with van der Waals surface area (Å²) in [5, 5.41) is 21.0. The van der Waals surface area contributed by atoms with Crippen molar-refractivity contribution in [2.24, 2.45) is 0 Å². The van der Waals surface area contributed by atoms with Crippen LogP contribution in [0.25, 0.3) is 5.76 Å². The number of aliphatic hydroxyl groups is 1. The number of phenols is 1. The van der Waals surface area contributed by atoms with Gasteiger partial charge in [0.15, 0.2) is 11.5 Å². The molecule has 0 bridgehead atoms. The summed E-state index contributed by atoms with van der Waals surface area (Å²) < 4.78 is 10.6. The number of ether oxygens (including phenoxy) is 1. The molecule has 1 aliphatic rings. The Morgan fingerprint density at radius 1 is 1.13 bits per heavy atom. The van der Waals surface area contributed by atoms with Crippen LogP contribution in [0.3, 0.4) is 0 Å². The number of aliphatic hydroxyl groups excluding tert-OH is 1. The van der Waals surface area contributed by atoms with Gasteiger partial charge >= 0.3 is 0 Å². The molecule has 7 nitrogen and oxygen atoms in total. The number of Topliss-reactive ketones (excluding diaryl/α,β-unsaturated/α-hetero) is 1. The van der Waals surface area contributed by atoms with Crippen LogP contribution in [0, 0.1) is 6.92 Å². The van der Waals surface area contributed by atoms with Gasteiger partial charge in [-0.25, -0.2) is 0 Å². The summed E-state index contributed by atoms with van der Waals surface area (Å²) in [4.78, 5) is 27.3. The molecule has 1 unspecified atom stereocenters. The van der Waals surface area contributed by atoms with Crippen LogP contribution >= 0.6 is 0 Å². The smallest absolute Gasteiger partial charge is 0.296 e. The minimum absolute atomic E-state index is 0.0341. The van der Waals surface area contributed by atoms with Gasteiger partial charge < -0.3 is 24.3 Å². The monoisotopic (exact) mass is 419 g/mol. The number of amides is 1. The first-order chi connectivity index (χ1) is 14.9. The molecule has 7 heteroatoms. The van der Waals surface area contributed by atoms with E-state index in [2.05, 4.69) is 0 Å². The van der Waals surface area contributed by atoms with Crippen molar-refractivity contribution in [3.8, 4) is 11.5 Å². The van der Waals surface area contributed by atoms with E-state index in [1.165, 1.54) is 24.3 Å². The Labute approximate surface area is 178 Å². The van der Waals surface area contributed by atoms with Gasteiger partial charge in [-0.1, -0.05) is 35.9 Å². The molecule has 1 atom stereocenters. The maximum atomic E-state index is 13.0. The fraction of sp³-hybridized carbons (Fsp3) is 0.167. The summed E-state index contributed by atoms with van der Waals surface area (Å²) in [6.07, 6.45) is 1.48. The van der Waals surface area contributed by atoms with Crippen molar-refractivity contribution in [3.05, 3.63) is 88.9 Å². The number of furan rings is 1. The Kier molecular flexibility index (Phi) is 5.25. The molecule has 3 aromatic rings. The molecule has 0 saturated carbocycles. The summed E-state index contributed by atoms with van der Waals surface area (Å²) in [6, 6.07) is 14.1. The fourth-order valence-corrected chi connectivity index (χ4v) is 3.69. The predicted octanol–water partition coefficient (Wildman–Crippen LogP) is 3.92. The quantitative estimate of drug-likeness (QED) is 0.369. The van der Waals surface area contributed by atoms with E-state index in [0.717, 1.165) is 5.56 Å². The lowest BCUT2D eigenvalue weighted by Crippen LogP contribution is -2.29. The van der Waals surface area contributed by atoms with Gasteiger partial charge in [0.05, 0.1) is 31.5 Å². The number of aromatic hydroxyl groups is 1. The molecule has 0 radical (unpaired) electrons. The van der Waals surface area contributed by atoms with Crippen LogP contribution in [0.5, 0.6) is 11.5 Å². The highest BCUT2D eigenvalue weighted by molar-refractivity contribution is 6.46. The third-order valence-corrected chi connectivity index (χ3v) is 5.29. The molecule has 0 spiro atoms. The standard InChI is InChI=1S/C24H21NO6/c1-14-5-7-15(8-6-14)22(27)20-21(16-9-10-18(26)19(12-16)30-2)25(24(29)23(20)28)13-17-4-3-11-31-17/h3-12,21,26-27H,13H2,1-2H3. The Hall–Kier alpha value is -4.00. The number of aryl methyl sites for hydroxylation is 1. The minimum Gasteiger partial charge on any atom is -0.507 e. The SMILES string of the molecule is COc1cc(C2C(=C(O)c3ccc(C)cc3)C(=O)C(=O)N2Cc2ccco2)ccc1O. The maximum absolute atomic E-state index is 13.0. The van der Waals surface area contributed by atoms with E-state index in [1.54, 1.807) is 36.4 Å². The van der Waals surface area contributed by atoms with Gasteiger partial charge in [0, 0.05) is 5.56 Å². The number of carbonyl (C=O) groups excluding carboxylic acids is 2. The zero-order chi connectivity index (χ0) is 22.1. The predicted molar refractivity (Wildman–Crippen MR) is 112 cm³/mol. The molecule has 1 fully saturated rings. The minimum atomic E-state index is -0.888. The first kappa shape index (κ1) is 20.3. The first-order valence-electron chi connectivity index (χ1n) is 9.65. The zero-order valence-corrected chi connectivity index (χ0v) is 17.0. The molecule has 1 amide bonds. The Balaban J connectivity index is 1.89. The molecule has 1 saturated heterocycles. The van der Waals surface area contributed by atoms with Gasteiger partial charge in [-0.2, -0.15) is 0 Å². The van der Waals surface area contributed by atoms with E-state index in [-0.39, 0.29) is 29.4 Å². The maximum Gasteiger partial charge on any atom is 0.296 e. The van der Waals surface area contributed by atoms with Crippen LogP contribution in [0.4, 0.5) is 0 Å². The zero-order valence-electron chi connectivity index (χ0n) is 17.0. The van der Waals surface area contributed by atoms with Crippen LogP contribution in [0.1, 0.15) is 28.5 Å². The number of likely N-dealkylation sites (tertiary alicyclic amines) is 1. The third kappa shape index (κ3) is 3.66. The van der Waals surface area contributed by atoms with Crippen molar-refractivity contribution in [3.63, 3.8) is 0 Å². The van der Waals surface area contributed by atoms with Gasteiger partial charge in [-0.15, -0.1) is 0 Å². The highest BCUT2D eigenvalue weighted by Gasteiger charge is 2.46. The Morgan fingerprint density at radius 3 is 2.52 bits per heavy atom. The van der Waals surface area contributed by atoms with Gasteiger partial charge in [0.1, 0.15) is 11.5 Å². The van der Waals surface area contributed by atoms with Crippen LogP contribution < -0.4 is 4.74 Å². The van der Waals surface area contributed by atoms with Crippen molar-refractivity contribution in [2.75, 3.05) is 7.11 Å². The summed E-state index contributed by atoms with van der Waals surface area (Å²) in [5.74, 6) is -1.20. The summed E-state index contributed by atoms with van der Waals surface area (Å²) in [6.45, 7) is 1.95. The molecular formula is C24H21NO6. The number of phenolic OH excluding ortho intramolecular Hbond substituents is 1. The van der Waals surface area contributed by atoms with Crippen molar-refractivity contribution >= 4 is 17.4 Å². The van der Waals surface area contributed by atoms with E-state index in [1.807, 2.05) is 19.1 Å². The van der Waals surface area contributed by atoms with Gasteiger partial charge in [-0.05, 0) is 36.8 Å². The molecule has 2 heterocycles. The number of nitrogens with zero attached hydrogens (tertiary/aromatic N) is 1. The number of carbonyl (C=O) groups is 2. The highest BCUT2D eigenvalue weighted by Crippen LogP contribution is 2.42. The highest BCUT2D eigenvalue weighted by atomic mass is 16.5. The normalized spacial score (nSPS) is 17.9. The average Bonchev–Trinajstić information content (AvgIpc) is 3.37. The van der Waals surface area contributed by atoms with Crippen molar-refractivity contribution in [1.82, 2.24) is 4.90 Å². The van der Waals surface area contributed by atoms with Gasteiger partial charge in [-0.3, -0.25) is 9.59 Å². The summed E-state index contributed by atoms with van der Waals surface area (Å²) >= 11 is 0. The van der Waals surface area contributed by atoms with E-state index in [0.29, 0.717) is 16.9 Å². The topological polar surface area (TPSA) is 100 Å². The molecule has 0 aliphatic carbocycles. The molecule has 2 aromatic carbocycles. The third-order valence-electron chi connectivity index (χ3n) is 5.29. The Morgan fingerprint density at radius 2 is 1.87 bits per heavy atom. The van der Waals surface area contributed by atoms with Crippen LogP contribution in [0.15, 0.2) is 70.9 Å². The number of hydrogen-bond donors (Lipinski definition) is 2. The first-order valence-corrected chi connectivity index (χ1v) is 9.65.